The summed E-state index contributed by atoms with van der Waals surface area (Å²) in [7, 11) is 0.681. The summed E-state index contributed by atoms with van der Waals surface area (Å²) < 4.78 is 25.4. The van der Waals surface area contributed by atoms with Crippen LogP contribution in [-0.4, -0.2) is 59.2 Å². The van der Waals surface area contributed by atoms with E-state index in [1.807, 2.05) is 44.1 Å². The zero-order valence-electron chi connectivity index (χ0n) is 22.8. The van der Waals surface area contributed by atoms with Crippen LogP contribution in [0.3, 0.4) is 0 Å². The van der Waals surface area contributed by atoms with Gasteiger partial charge in [-0.25, -0.2) is 9.97 Å². The number of nitrogens with one attached hydrogen (secondary N) is 1. The van der Waals surface area contributed by atoms with Crippen LogP contribution in [0.25, 0.3) is 22.2 Å². The Balaban J connectivity index is 1.64. The molecule has 0 bridgehead atoms. The molecule has 0 unspecified atom stereocenters. The average Bonchev–Trinajstić information content (AvgIpc) is 2.88. The van der Waals surface area contributed by atoms with Crippen LogP contribution in [0.1, 0.15) is 51.3 Å². The van der Waals surface area contributed by atoms with Gasteiger partial charge in [0.1, 0.15) is 11.5 Å². The van der Waals surface area contributed by atoms with E-state index in [1.165, 1.54) is 0 Å². The first kappa shape index (κ1) is 28.2. The third-order valence-electron chi connectivity index (χ3n) is 6.90. The maximum atomic E-state index is 13.9. The predicted molar refractivity (Wildman–Crippen MR) is 151 cm³/mol. The van der Waals surface area contributed by atoms with Crippen LogP contribution < -0.4 is 21.5 Å². The van der Waals surface area contributed by atoms with E-state index in [9.17, 15) is 9.36 Å². The van der Waals surface area contributed by atoms with E-state index in [1.54, 1.807) is 24.6 Å². The van der Waals surface area contributed by atoms with E-state index in [0.29, 0.717) is 24.4 Å². The Morgan fingerprint density at radius 3 is 2.39 bits per heavy atom. The normalized spacial score (nSPS) is 18.1. The van der Waals surface area contributed by atoms with E-state index >= 15 is 0 Å². The van der Waals surface area contributed by atoms with Gasteiger partial charge in [0.2, 0.25) is 5.95 Å². The number of aromatic nitrogens is 4. The molecule has 206 valence electrons. The molecule has 0 aromatic carbocycles. The molecule has 0 spiro atoms. The Morgan fingerprint density at radius 2 is 1.82 bits per heavy atom. The Kier molecular flexibility index (Phi) is 8.82. The molecule has 1 fully saturated rings. The standard InChI is InChI=1S/C26H38N7O4P/c1-6-36-38(35,37-7-2)16-29-19-9-11-20(12-10-19)33-24-21(17(3)30-26(27)31-24)14-22(25(33)34)18-8-13-23(28-15-18)32(4)5/h8,13-15,19-20,29H,6-7,9-12,16H2,1-5H3,(H2,27,30,31). The molecule has 0 radical (unpaired) electrons. The molecule has 3 aromatic rings. The van der Waals surface area contributed by atoms with Crippen LogP contribution in [0, 0.1) is 6.92 Å². The van der Waals surface area contributed by atoms with Gasteiger partial charge in [-0.3, -0.25) is 13.9 Å². The maximum Gasteiger partial charge on any atom is 0.344 e. The summed E-state index contributed by atoms with van der Waals surface area (Å²) >= 11 is 0. The number of fused-ring (bicyclic) bond motifs is 1. The van der Waals surface area contributed by atoms with Gasteiger partial charge < -0.3 is 25.0 Å². The van der Waals surface area contributed by atoms with Crippen molar-refractivity contribution in [3.05, 3.63) is 40.4 Å². The minimum Gasteiger partial charge on any atom is -0.368 e. The van der Waals surface area contributed by atoms with Crippen molar-refractivity contribution in [3.63, 3.8) is 0 Å². The van der Waals surface area contributed by atoms with Crippen LogP contribution >= 0.6 is 7.60 Å². The molecular weight excluding hydrogens is 505 g/mol. The lowest BCUT2D eigenvalue weighted by Gasteiger charge is -2.32. The minimum absolute atomic E-state index is 0.0590. The maximum absolute atomic E-state index is 13.9. The van der Waals surface area contributed by atoms with Crippen LogP contribution in [0.5, 0.6) is 0 Å². The summed E-state index contributed by atoms with van der Waals surface area (Å²) in [5.74, 6) is 0.956. The van der Waals surface area contributed by atoms with Gasteiger partial charge in [-0.05, 0) is 64.7 Å². The number of pyridine rings is 2. The molecule has 1 saturated carbocycles. The third-order valence-corrected chi connectivity index (χ3v) is 8.78. The molecule has 0 saturated heterocycles. The number of nitrogen functional groups attached to an aromatic ring is 1. The highest BCUT2D eigenvalue weighted by Gasteiger charge is 2.29. The summed E-state index contributed by atoms with van der Waals surface area (Å²) in [6.45, 7) is 6.14. The summed E-state index contributed by atoms with van der Waals surface area (Å²) in [6, 6.07) is 5.75. The smallest absolute Gasteiger partial charge is 0.344 e. The zero-order valence-corrected chi connectivity index (χ0v) is 23.7. The molecule has 0 amide bonds. The topological polar surface area (TPSA) is 137 Å². The average molecular weight is 544 g/mol. The number of nitrogens with two attached hydrogens (primary N) is 1. The molecule has 0 atom stereocenters. The van der Waals surface area contributed by atoms with E-state index in [-0.39, 0.29) is 29.9 Å². The van der Waals surface area contributed by atoms with Crippen LogP contribution in [0.15, 0.2) is 29.2 Å². The van der Waals surface area contributed by atoms with Crippen molar-refractivity contribution >= 4 is 30.4 Å². The number of nitrogens with zero attached hydrogens (tertiary/aromatic N) is 5. The van der Waals surface area contributed by atoms with Crippen molar-refractivity contribution in [3.8, 4) is 11.1 Å². The van der Waals surface area contributed by atoms with E-state index in [4.69, 9.17) is 14.8 Å². The van der Waals surface area contributed by atoms with Crippen molar-refractivity contribution in [2.45, 2.75) is 58.5 Å². The number of rotatable bonds is 10. The SMILES string of the molecule is CCOP(=O)(CNC1CCC(n2c(=O)c(-c3ccc(N(C)C)nc3)cc3c(C)nc(N)nc32)CC1)OCC. The number of hydrogen-bond acceptors (Lipinski definition) is 10. The Labute approximate surface area is 223 Å². The highest BCUT2D eigenvalue weighted by molar-refractivity contribution is 7.53. The van der Waals surface area contributed by atoms with Crippen LogP contribution in [-0.2, 0) is 13.6 Å². The van der Waals surface area contributed by atoms with Crippen molar-refractivity contribution < 1.29 is 13.6 Å². The Hall–Kier alpha value is -2.85. The Morgan fingerprint density at radius 1 is 1.13 bits per heavy atom. The fourth-order valence-electron chi connectivity index (χ4n) is 5.03. The number of hydrogen-bond donors (Lipinski definition) is 2. The lowest BCUT2D eigenvalue weighted by molar-refractivity contribution is 0.213. The quantitative estimate of drug-likeness (QED) is 0.359. The molecule has 3 heterocycles. The van der Waals surface area contributed by atoms with Crippen molar-refractivity contribution in [2.24, 2.45) is 0 Å². The van der Waals surface area contributed by atoms with Crippen LogP contribution in [0.2, 0.25) is 0 Å². The molecule has 1 aliphatic carbocycles. The highest BCUT2D eigenvalue weighted by Crippen LogP contribution is 2.47. The van der Waals surface area contributed by atoms with Crippen molar-refractivity contribution in [1.29, 1.82) is 0 Å². The lowest BCUT2D eigenvalue weighted by Crippen LogP contribution is -2.37. The monoisotopic (exact) mass is 543 g/mol. The number of aryl methyl sites for hydroxylation is 1. The molecule has 3 aromatic heterocycles. The van der Waals surface area contributed by atoms with Crippen molar-refractivity contribution in [1.82, 2.24) is 24.8 Å². The molecule has 3 N–H and O–H groups in total. The van der Waals surface area contributed by atoms with Crippen molar-refractivity contribution in [2.75, 3.05) is 44.2 Å². The fourth-order valence-corrected chi connectivity index (χ4v) is 6.55. The molecule has 1 aliphatic rings. The molecule has 4 rings (SSSR count). The second-order valence-corrected chi connectivity index (χ2v) is 11.8. The van der Waals surface area contributed by atoms with Gasteiger partial charge in [-0.15, -0.1) is 0 Å². The largest absolute Gasteiger partial charge is 0.368 e. The fraction of sp³-hybridized carbons (Fsp3) is 0.538. The first-order valence-electron chi connectivity index (χ1n) is 13.1. The zero-order chi connectivity index (χ0) is 27.4. The molecule has 11 nitrogen and oxygen atoms in total. The van der Waals surface area contributed by atoms with Gasteiger partial charge in [0.15, 0.2) is 0 Å². The lowest BCUT2D eigenvalue weighted by atomic mass is 9.90. The molecule has 0 aliphatic heterocycles. The first-order chi connectivity index (χ1) is 18.2. The molecule has 38 heavy (non-hydrogen) atoms. The predicted octanol–water partition coefficient (Wildman–Crippen LogP) is 4.11. The van der Waals surface area contributed by atoms with Gasteiger partial charge in [-0.1, -0.05) is 0 Å². The number of anilines is 2. The summed E-state index contributed by atoms with van der Waals surface area (Å²) in [5.41, 5.74) is 8.45. The Bertz CT molecular complexity index is 1360. The minimum atomic E-state index is -3.17. The van der Waals surface area contributed by atoms with E-state index in [2.05, 4.69) is 20.3 Å². The summed E-state index contributed by atoms with van der Waals surface area (Å²) in [5, 5.41) is 4.16. The van der Waals surface area contributed by atoms with E-state index < -0.39 is 7.60 Å². The highest BCUT2D eigenvalue weighted by atomic mass is 31.2. The second-order valence-electron chi connectivity index (χ2n) is 9.75. The van der Waals surface area contributed by atoms with Crippen LogP contribution in [0.4, 0.5) is 11.8 Å². The van der Waals surface area contributed by atoms with Gasteiger partial charge >= 0.3 is 7.60 Å². The summed E-state index contributed by atoms with van der Waals surface area (Å²) in [4.78, 5) is 29.2. The van der Waals surface area contributed by atoms with E-state index in [0.717, 1.165) is 48.1 Å². The third kappa shape index (κ3) is 6.07. The van der Waals surface area contributed by atoms with Gasteiger partial charge in [-0.2, -0.15) is 4.98 Å². The first-order valence-corrected chi connectivity index (χ1v) is 14.8. The van der Waals surface area contributed by atoms with Gasteiger partial charge in [0.05, 0.1) is 25.2 Å². The second kappa shape index (κ2) is 11.9. The van der Waals surface area contributed by atoms with Gasteiger partial charge in [0.25, 0.3) is 5.56 Å². The molecular formula is C26H38N7O4P. The summed E-state index contributed by atoms with van der Waals surface area (Å²) in [6.07, 6.45) is 5.02. The van der Waals surface area contributed by atoms with Gasteiger partial charge in [0, 0.05) is 48.9 Å². The molecule has 12 heteroatoms.